The van der Waals surface area contributed by atoms with E-state index in [0.717, 1.165) is 77.8 Å². The van der Waals surface area contributed by atoms with Crippen molar-refractivity contribution in [1.82, 2.24) is 9.97 Å². The van der Waals surface area contributed by atoms with Gasteiger partial charge < -0.3 is 4.42 Å². The van der Waals surface area contributed by atoms with Crippen LogP contribution in [-0.4, -0.2) is 9.97 Å². The second-order valence-corrected chi connectivity index (χ2v) is 15.3. The highest BCUT2D eigenvalue weighted by Crippen LogP contribution is 2.50. The van der Waals surface area contributed by atoms with E-state index in [-0.39, 0.29) is 0 Å². The van der Waals surface area contributed by atoms with Gasteiger partial charge in [0.15, 0.2) is 5.82 Å². The molecular formula is C56H34N2O. The summed E-state index contributed by atoms with van der Waals surface area (Å²) in [6, 6.07) is 73.3. The molecule has 0 bridgehead atoms. The molecule has 274 valence electrons. The highest BCUT2D eigenvalue weighted by atomic mass is 16.3. The van der Waals surface area contributed by atoms with Gasteiger partial charge in [-0.2, -0.15) is 0 Å². The summed E-state index contributed by atoms with van der Waals surface area (Å²) in [4.78, 5) is 10.7. The van der Waals surface area contributed by atoms with Crippen molar-refractivity contribution in [3.8, 4) is 89.5 Å². The largest absolute Gasteiger partial charge is 0.456 e. The van der Waals surface area contributed by atoms with E-state index in [1.807, 2.05) is 30.3 Å². The van der Waals surface area contributed by atoms with Gasteiger partial charge in [-0.1, -0.05) is 164 Å². The standard InChI is InChI=1S/C56H34N2O/c1-3-14-35(15-4-1)38-30-39(37-26-29-54-50(33-37)46-22-11-12-25-53(46)59-54)32-40(31-38)51-34-52(58-56(57-51)36-16-5-2-6-17-36)45-21-10-9-18-41(45)44-27-28-49-43-20-8-7-19-42(43)47-23-13-24-48(44)55(47)49/h1-34H. The number of para-hydroxylation sites is 1. The molecule has 12 rings (SSSR count). The van der Waals surface area contributed by atoms with Gasteiger partial charge in [-0.3, -0.25) is 0 Å². The summed E-state index contributed by atoms with van der Waals surface area (Å²) in [6.45, 7) is 0. The number of rotatable bonds is 6. The Bertz CT molecular complexity index is 3410. The molecule has 0 radical (unpaired) electrons. The van der Waals surface area contributed by atoms with Crippen LogP contribution in [-0.2, 0) is 0 Å². The Labute approximate surface area is 341 Å². The van der Waals surface area contributed by atoms with Gasteiger partial charge in [-0.15, -0.1) is 0 Å². The maximum absolute atomic E-state index is 6.22. The number of fused-ring (bicyclic) bond motifs is 6. The molecule has 0 N–H and O–H groups in total. The zero-order chi connectivity index (χ0) is 38.9. The molecule has 59 heavy (non-hydrogen) atoms. The van der Waals surface area contributed by atoms with Crippen molar-refractivity contribution in [2.45, 2.75) is 0 Å². The van der Waals surface area contributed by atoms with Gasteiger partial charge in [0.05, 0.1) is 11.4 Å². The van der Waals surface area contributed by atoms with Crippen molar-refractivity contribution < 1.29 is 4.42 Å². The van der Waals surface area contributed by atoms with Crippen LogP contribution in [0.25, 0.3) is 122 Å². The lowest BCUT2D eigenvalue weighted by Gasteiger charge is -2.16. The maximum atomic E-state index is 6.22. The zero-order valence-electron chi connectivity index (χ0n) is 31.9. The number of benzene rings is 9. The average Bonchev–Trinajstić information content (AvgIpc) is 3.85. The average molecular weight is 751 g/mol. The highest BCUT2D eigenvalue weighted by molar-refractivity contribution is 6.19. The lowest BCUT2D eigenvalue weighted by Crippen LogP contribution is -1.98. The maximum Gasteiger partial charge on any atom is 0.160 e. The molecule has 0 fully saturated rings. The Morgan fingerprint density at radius 1 is 0.271 bits per heavy atom. The van der Waals surface area contributed by atoms with Crippen molar-refractivity contribution in [2.24, 2.45) is 0 Å². The van der Waals surface area contributed by atoms with E-state index < -0.39 is 0 Å². The van der Waals surface area contributed by atoms with E-state index in [2.05, 4.69) is 176 Å². The molecule has 11 aromatic rings. The second-order valence-electron chi connectivity index (χ2n) is 15.3. The third kappa shape index (κ3) is 5.51. The molecule has 3 nitrogen and oxygen atoms in total. The summed E-state index contributed by atoms with van der Waals surface area (Å²) in [5, 5.41) is 4.76. The predicted molar refractivity (Wildman–Crippen MR) is 244 cm³/mol. The molecular weight excluding hydrogens is 717 g/mol. The Kier molecular flexibility index (Phi) is 7.54. The molecule has 2 heterocycles. The van der Waals surface area contributed by atoms with Gasteiger partial charge in [-0.25, -0.2) is 9.97 Å². The molecule has 0 aliphatic heterocycles. The molecule has 0 saturated carbocycles. The van der Waals surface area contributed by atoms with Crippen LogP contribution in [0.3, 0.4) is 0 Å². The molecule has 2 aromatic heterocycles. The monoisotopic (exact) mass is 750 g/mol. The summed E-state index contributed by atoms with van der Waals surface area (Å²) in [7, 11) is 0. The summed E-state index contributed by atoms with van der Waals surface area (Å²) in [6.07, 6.45) is 0. The number of furan rings is 1. The zero-order valence-corrected chi connectivity index (χ0v) is 31.9. The minimum atomic E-state index is 0.682. The lowest BCUT2D eigenvalue weighted by atomic mass is 9.90. The van der Waals surface area contributed by atoms with Crippen LogP contribution in [0.4, 0.5) is 0 Å². The van der Waals surface area contributed by atoms with E-state index in [0.29, 0.717) is 5.82 Å². The van der Waals surface area contributed by atoms with Crippen LogP contribution in [0.15, 0.2) is 211 Å². The van der Waals surface area contributed by atoms with E-state index in [4.69, 9.17) is 14.4 Å². The summed E-state index contributed by atoms with van der Waals surface area (Å²) in [5.41, 5.74) is 18.5. The highest BCUT2D eigenvalue weighted by Gasteiger charge is 2.24. The Morgan fingerprint density at radius 3 is 1.59 bits per heavy atom. The van der Waals surface area contributed by atoms with E-state index in [9.17, 15) is 0 Å². The Hall–Kier alpha value is -7.88. The fourth-order valence-electron chi connectivity index (χ4n) is 9.08. The van der Waals surface area contributed by atoms with Crippen LogP contribution in [0, 0.1) is 0 Å². The first kappa shape index (κ1) is 33.3. The van der Waals surface area contributed by atoms with Gasteiger partial charge in [-0.05, 0) is 109 Å². The smallest absolute Gasteiger partial charge is 0.160 e. The van der Waals surface area contributed by atoms with Crippen molar-refractivity contribution in [3.05, 3.63) is 206 Å². The van der Waals surface area contributed by atoms with Gasteiger partial charge in [0, 0.05) is 27.5 Å². The van der Waals surface area contributed by atoms with E-state index in [1.165, 1.54) is 38.6 Å². The Morgan fingerprint density at radius 2 is 0.814 bits per heavy atom. The number of hydrogen-bond donors (Lipinski definition) is 0. The molecule has 1 aliphatic rings. The minimum Gasteiger partial charge on any atom is -0.456 e. The molecule has 0 atom stereocenters. The topological polar surface area (TPSA) is 38.9 Å². The third-order valence-corrected chi connectivity index (χ3v) is 11.8. The summed E-state index contributed by atoms with van der Waals surface area (Å²) >= 11 is 0. The van der Waals surface area contributed by atoms with Crippen LogP contribution in [0.2, 0.25) is 0 Å². The SMILES string of the molecule is c1ccc(-c2cc(-c3ccc4oc5ccccc5c4c3)cc(-c3cc(-c4ccccc4-c4ccc5c6c(cccc46)-c4ccccc4-5)nc(-c4ccccc4)n3)c2)cc1. The Balaban J connectivity index is 1.07. The molecule has 9 aromatic carbocycles. The van der Waals surface area contributed by atoms with Gasteiger partial charge in [0.1, 0.15) is 11.2 Å². The second kappa shape index (κ2) is 13.4. The van der Waals surface area contributed by atoms with Crippen molar-refractivity contribution in [1.29, 1.82) is 0 Å². The van der Waals surface area contributed by atoms with Crippen LogP contribution in [0.5, 0.6) is 0 Å². The minimum absolute atomic E-state index is 0.682. The van der Waals surface area contributed by atoms with Crippen molar-refractivity contribution in [2.75, 3.05) is 0 Å². The normalized spacial score (nSPS) is 11.7. The molecule has 0 saturated heterocycles. The summed E-state index contributed by atoms with van der Waals surface area (Å²) in [5.74, 6) is 0.682. The van der Waals surface area contributed by atoms with E-state index in [1.54, 1.807) is 0 Å². The van der Waals surface area contributed by atoms with Crippen molar-refractivity contribution >= 4 is 32.7 Å². The van der Waals surface area contributed by atoms with Crippen molar-refractivity contribution in [3.63, 3.8) is 0 Å². The number of hydrogen-bond acceptors (Lipinski definition) is 3. The fourth-order valence-corrected chi connectivity index (χ4v) is 9.08. The molecule has 0 amide bonds. The summed E-state index contributed by atoms with van der Waals surface area (Å²) < 4.78 is 6.22. The first-order valence-corrected chi connectivity index (χ1v) is 20.1. The molecule has 0 unspecified atom stereocenters. The third-order valence-electron chi connectivity index (χ3n) is 11.8. The first-order chi connectivity index (χ1) is 29.2. The van der Waals surface area contributed by atoms with Crippen LogP contribution in [0.1, 0.15) is 0 Å². The molecule has 3 heteroatoms. The number of nitrogens with zero attached hydrogens (tertiary/aromatic N) is 2. The van der Waals surface area contributed by atoms with Gasteiger partial charge in [0.2, 0.25) is 0 Å². The first-order valence-electron chi connectivity index (χ1n) is 20.1. The lowest BCUT2D eigenvalue weighted by molar-refractivity contribution is 0.669. The van der Waals surface area contributed by atoms with Gasteiger partial charge in [0.25, 0.3) is 0 Å². The quantitative estimate of drug-likeness (QED) is 0.170. The molecule has 0 spiro atoms. The fraction of sp³-hybridized carbons (Fsp3) is 0. The molecule has 1 aliphatic carbocycles. The predicted octanol–water partition coefficient (Wildman–Crippen LogP) is 15.2. The number of aromatic nitrogens is 2. The van der Waals surface area contributed by atoms with Crippen LogP contribution < -0.4 is 0 Å². The van der Waals surface area contributed by atoms with Gasteiger partial charge >= 0.3 is 0 Å². The van der Waals surface area contributed by atoms with E-state index >= 15 is 0 Å². The van der Waals surface area contributed by atoms with Crippen LogP contribution >= 0.6 is 0 Å².